The molecule has 2 N–H and O–H groups in total. The number of halogens is 1. The Morgan fingerprint density at radius 2 is 1.57 bits per heavy atom. The molecule has 1 atom stereocenters. The van der Waals surface area contributed by atoms with Crippen molar-refractivity contribution in [2.75, 3.05) is 26.0 Å². The van der Waals surface area contributed by atoms with Crippen molar-refractivity contribution >= 4 is 23.3 Å². The minimum atomic E-state index is -0.259. The summed E-state index contributed by atoms with van der Waals surface area (Å²) in [6, 6.07) is 24.0. The first-order chi connectivity index (χ1) is 14.5. The summed E-state index contributed by atoms with van der Waals surface area (Å²) in [6.07, 6.45) is 0.784. The molecular weight excluding hydrogens is 398 g/mol. The minimum absolute atomic E-state index is 0.120. The van der Waals surface area contributed by atoms with Crippen LogP contribution in [0.3, 0.4) is 0 Å². The quantitative estimate of drug-likeness (QED) is 0.471. The molecule has 2 amide bonds. The Bertz CT molecular complexity index is 929. The molecule has 156 valence electrons. The first-order valence-corrected chi connectivity index (χ1v) is 10.2. The SMILES string of the molecule is CN(C)CCC(NC(=O)Nc1ccc(Oc2ccccc2)cc1)c1ccc(Cl)cc1. The monoisotopic (exact) mass is 423 g/mol. The van der Waals surface area contributed by atoms with E-state index < -0.39 is 0 Å². The molecule has 0 aromatic heterocycles. The van der Waals surface area contributed by atoms with Gasteiger partial charge in [0.15, 0.2) is 0 Å². The predicted molar refractivity (Wildman–Crippen MR) is 122 cm³/mol. The van der Waals surface area contributed by atoms with E-state index in [-0.39, 0.29) is 12.1 Å². The molecular formula is C24H26ClN3O2. The molecule has 0 saturated heterocycles. The second-order valence-corrected chi connectivity index (χ2v) is 7.67. The molecule has 30 heavy (non-hydrogen) atoms. The van der Waals surface area contributed by atoms with E-state index in [1.165, 1.54) is 0 Å². The Hall–Kier alpha value is -3.02. The molecule has 3 aromatic rings. The number of benzene rings is 3. The van der Waals surface area contributed by atoms with E-state index in [4.69, 9.17) is 16.3 Å². The topological polar surface area (TPSA) is 53.6 Å². The predicted octanol–water partition coefficient (Wildman–Crippen LogP) is 5.95. The van der Waals surface area contributed by atoms with Gasteiger partial charge >= 0.3 is 6.03 Å². The van der Waals surface area contributed by atoms with Crippen LogP contribution < -0.4 is 15.4 Å². The van der Waals surface area contributed by atoms with Gasteiger partial charge in [0.05, 0.1) is 6.04 Å². The first-order valence-electron chi connectivity index (χ1n) is 9.80. The molecule has 0 saturated carbocycles. The van der Waals surface area contributed by atoms with Crippen LogP contribution in [-0.2, 0) is 0 Å². The number of rotatable bonds is 8. The zero-order valence-electron chi connectivity index (χ0n) is 17.1. The van der Waals surface area contributed by atoms with Crippen LogP contribution in [0.15, 0.2) is 78.9 Å². The fraction of sp³-hybridized carbons (Fsp3) is 0.208. The lowest BCUT2D eigenvalue weighted by Crippen LogP contribution is -2.34. The van der Waals surface area contributed by atoms with Crippen molar-refractivity contribution < 1.29 is 9.53 Å². The number of nitrogens with one attached hydrogen (secondary N) is 2. The molecule has 0 spiro atoms. The maximum absolute atomic E-state index is 12.6. The minimum Gasteiger partial charge on any atom is -0.457 e. The molecule has 3 aromatic carbocycles. The lowest BCUT2D eigenvalue weighted by atomic mass is 10.0. The molecule has 0 fully saturated rings. The fourth-order valence-corrected chi connectivity index (χ4v) is 3.09. The van der Waals surface area contributed by atoms with Gasteiger partial charge in [0.2, 0.25) is 0 Å². The van der Waals surface area contributed by atoms with Crippen LogP contribution in [0.2, 0.25) is 5.02 Å². The number of hydrogen-bond donors (Lipinski definition) is 2. The highest BCUT2D eigenvalue weighted by Crippen LogP contribution is 2.23. The summed E-state index contributed by atoms with van der Waals surface area (Å²) < 4.78 is 5.78. The van der Waals surface area contributed by atoms with E-state index in [1.54, 1.807) is 0 Å². The third-order valence-corrected chi connectivity index (χ3v) is 4.79. The van der Waals surface area contributed by atoms with Gasteiger partial charge in [-0.05, 0) is 81.2 Å². The summed E-state index contributed by atoms with van der Waals surface area (Å²) >= 11 is 6.00. The van der Waals surface area contributed by atoms with E-state index in [1.807, 2.05) is 93.0 Å². The lowest BCUT2D eigenvalue weighted by molar-refractivity contribution is 0.246. The van der Waals surface area contributed by atoms with Crippen LogP contribution in [-0.4, -0.2) is 31.6 Å². The number of carbonyl (C=O) groups is 1. The summed E-state index contributed by atoms with van der Waals surface area (Å²) in [4.78, 5) is 14.7. The van der Waals surface area contributed by atoms with Crippen molar-refractivity contribution in [2.24, 2.45) is 0 Å². The molecule has 0 heterocycles. The molecule has 0 aliphatic rings. The van der Waals surface area contributed by atoms with Crippen molar-refractivity contribution in [1.29, 1.82) is 0 Å². The molecule has 1 unspecified atom stereocenters. The Kier molecular flexibility index (Phi) is 7.71. The molecule has 0 aliphatic heterocycles. The number of nitrogens with zero attached hydrogens (tertiary/aromatic N) is 1. The molecule has 3 rings (SSSR count). The zero-order valence-corrected chi connectivity index (χ0v) is 17.9. The number of anilines is 1. The van der Waals surface area contributed by atoms with Gasteiger partial charge < -0.3 is 20.3 Å². The maximum Gasteiger partial charge on any atom is 0.319 e. The second kappa shape index (κ2) is 10.7. The number of carbonyl (C=O) groups excluding carboxylic acids is 1. The van der Waals surface area contributed by atoms with Crippen molar-refractivity contribution in [3.8, 4) is 11.5 Å². The van der Waals surface area contributed by atoms with Gasteiger partial charge in [-0.2, -0.15) is 0 Å². The summed E-state index contributed by atoms with van der Waals surface area (Å²) in [5, 5.41) is 6.62. The van der Waals surface area contributed by atoms with Crippen LogP contribution in [0.5, 0.6) is 11.5 Å². The van der Waals surface area contributed by atoms with E-state index in [9.17, 15) is 4.79 Å². The number of amides is 2. The summed E-state index contributed by atoms with van der Waals surface area (Å²) in [5.41, 5.74) is 1.71. The Labute approximate surface area is 182 Å². The smallest absolute Gasteiger partial charge is 0.319 e. The average molecular weight is 424 g/mol. The van der Waals surface area contributed by atoms with Crippen LogP contribution in [0.4, 0.5) is 10.5 Å². The lowest BCUT2D eigenvalue weighted by Gasteiger charge is -2.21. The van der Waals surface area contributed by atoms with Gasteiger partial charge in [-0.3, -0.25) is 0 Å². The standard InChI is InChI=1S/C24H26ClN3O2/c1-28(2)17-16-23(18-8-10-19(25)11-9-18)27-24(29)26-20-12-14-22(15-13-20)30-21-6-4-3-5-7-21/h3-15,23H,16-17H2,1-2H3,(H2,26,27,29). The normalized spacial score (nSPS) is 11.7. The van der Waals surface area contributed by atoms with E-state index in [0.717, 1.165) is 24.3 Å². The molecule has 0 aliphatic carbocycles. The Morgan fingerprint density at radius 1 is 0.933 bits per heavy atom. The summed E-state index contributed by atoms with van der Waals surface area (Å²) in [7, 11) is 4.02. The van der Waals surface area contributed by atoms with Crippen LogP contribution >= 0.6 is 11.6 Å². The number of ether oxygens (including phenoxy) is 1. The van der Waals surface area contributed by atoms with E-state index in [2.05, 4.69) is 15.5 Å². The van der Waals surface area contributed by atoms with Gasteiger partial charge in [-0.1, -0.05) is 41.9 Å². The van der Waals surface area contributed by atoms with E-state index in [0.29, 0.717) is 16.5 Å². The van der Waals surface area contributed by atoms with E-state index >= 15 is 0 Å². The average Bonchev–Trinajstić information content (AvgIpc) is 2.74. The number of para-hydroxylation sites is 1. The summed E-state index contributed by atoms with van der Waals surface area (Å²) in [5.74, 6) is 1.47. The highest BCUT2D eigenvalue weighted by molar-refractivity contribution is 6.30. The third kappa shape index (κ3) is 6.79. The van der Waals surface area contributed by atoms with Crippen molar-refractivity contribution in [3.05, 3.63) is 89.4 Å². The van der Waals surface area contributed by atoms with Gasteiger partial charge in [0, 0.05) is 10.7 Å². The van der Waals surface area contributed by atoms with Crippen LogP contribution in [0, 0.1) is 0 Å². The van der Waals surface area contributed by atoms with Crippen molar-refractivity contribution in [2.45, 2.75) is 12.5 Å². The zero-order chi connectivity index (χ0) is 21.3. The number of urea groups is 1. The van der Waals surface area contributed by atoms with Gasteiger partial charge in [0.25, 0.3) is 0 Å². The summed E-state index contributed by atoms with van der Waals surface area (Å²) in [6.45, 7) is 0.846. The van der Waals surface area contributed by atoms with Gasteiger partial charge in [0.1, 0.15) is 11.5 Å². The maximum atomic E-state index is 12.6. The first kappa shape index (κ1) is 21.7. The van der Waals surface area contributed by atoms with Crippen molar-refractivity contribution in [1.82, 2.24) is 10.2 Å². The Morgan fingerprint density at radius 3 is 2.20 bits per heavy atom. The Balaban J connectivity index is 1.60. The van der Waals surface area contributed by atoms with Gasteiger partial charge in [-0.25, -0.2) is 4.79 Å². The van der Waals surface area contributed by atoms with Crippen molar-refractivity contribution in [3.63, 3.8) is 0 Å². The third-order valence-electron chi connectivity index (χ3n) is 4.53. The molecule has 6 heteroatoms. The van der Waals surface area contributed by atoms with Gasteiger partial charge in [-0.15, -0.1) is 0 Å². The highest BCUT2D eigenvalue weighted by atomic mass is 35.5. The fourth-order valence-electron chi connectivity index (χ4n) is 2.96. The van der Waals surface area contributed by atoms with Crippen LogP contribution in [0.25, 0.3) is 0 Å². The molecule has 0 bridgehead atoms. The van der Waals surface area contributed by atoms with Crippen LogP contribution in [0.1, 0.15) is 18.0 Å². The highest BCUT2D eigenvalue weighted by Gasteiger charge is 2.15. The molecule has 0 radical (unpaired) electrons. The second-order valence-electron chi connectivity index (χ2n) is 7.23. The largest absolute Gasteiger partial charge is 0.457 e. The number of hydrogen-bond acceptors (Lipinski definition) is 3. The molecule has 5 nitrogen and oxygen atoms in total.